The standard InChI is InChI=1S/C15H24N2O/c1-5-18-14-10-13(15(14,3)4)17-11(2)12-8-6-7-9-16-12/h6-9,11,13-14,17H,5,10H2,1-4H3/t11-,13?,14?/m1/s1. The highest BCUT2D eigenvalue weighted by atomic mass is 16.5. The Labute approximate surface area is 110 Å². The second-order valence-electron chi connectivity index (χ2n) is 5.70. The first-order valence-electron chi connectivity index (χ1n) is 6.84. The molecule has 0 amide bonds. The van der Waals surface area contributed by atoms with Gasteiger partial charge in [0, 0.05) is 30.3 Å². The molecule has 1 fully saturated rings. The van der Waals surface area contributed by atoms with Gasteiger partial charge in [0.2, 0.25) is 0 Å². The Morgan fingerprint density at radius 1 is 1.50 bits per heavy atom. The predicted molar refractivity (Wildman–Crippen MR) is 73.4 cm³/mol. The first kappa shape index (κ1) is 13.5. The summed E-state index contributed by atoms with van der Waals surface area (Å²) in [5.41, 5.74) is 1.31. The van der Waals surface area contributed by atoms with Gasteiger partial charge in [-0.15, -0.1) is 0 Å². The molecule has 1 heterocycles. The quantitative estimate of drug-likeness (QED) is 0.870. The Hall–Kier alpha value is -0.930. The lowest BCUT2D eigenvalue weighted by Crippen LogP contribution is -2.61. The van der Waals surface area contributed by atoms with Gasteiger partial charge in [0.25, 0.3) is 0 Å². The fourth-order valence-corrected chi connectivity index (χ4v) is 2.67. The minimum absolute atomic E-state index is 0.207. The number of pyridine rings is 1. The predicted octanol–water partition coefficient (Wildman–Crippen LogP) is 2.94. The van der Waals surface area contributed by atoms with Crippen molar-refractivity contribution in [3.8, 4) is 0 Å². The van der Waals surface area contributed by atoms with Gasteiger partial charge in [-0.25, -0.2) is 0 Å². The molecule has 1 aromatic heterocycles. The number of aromatic nitrogens is 1. The molecule has 1 aromatic rings. The number of nitrogens with one attached hydrogen (secondary N) is 1. The topological polar surface area (TPSA) is 34.1 Å². The third-order valence-corrected chi connectivity index (χ3v) is 4.13. The van der Waals surface area contributed by atoms with Crippen LogP contribution in [0.5, 0.6) is 0 Å². The zero-order valence-electron chi connectivity index (χ0n) is 11.8. The molecule has 2 rings (SSSR count). The van der Waals surface area contributed by atoms with Gasteiger partial charge in [-0.2, -0.15) is 0 Å². The lowest BCUT2D eigenvalue weighted by Gasteiger charge is -2.52. The van der Waals surface area contributed by atoms with Gasteiger partial charge in [0.1, 0.15) is 0 Å². The van der Waals surface area contributed by atoms with Crippen molar-refractivity contribution in [2.75, 3.05) is 6.61 Å². The molecule has 0 aliphatic heterocycles. The van der Waals surface area contributed by atoms with E-state index in [1.165, 1.54) is 0 Å². The zero-order chi connectivity index (χ0) is 13.2. The van der Waals surface area contributed by atoms with E-state index in [-0.39, 0.29) is 11.5 Å². The fraction of sp³-hybridized carbons (Fsp3) is 0.667. The molecule has 1 N–H and O–H groups in total. The third kappa shape index (κ3) is 2.57. The maximum atomic E-state index is 5.75. The van der Waals surface area contributed by atoms with Crippen molar-refractivity contribution in [2.45, 2.75) is 52.3 Å². The molecule has 1 aliphatic carbocycles. The summed E-state index contributed by atoms with van der Waals surface area (Å²) in [6.45, 7) is 9.59. The summed E-state index contributed by atoms with van der Waals surface area (Å²) < 4.78 is 5.75. The molecule has 3 heteroatoms. The van der Waals surface area contributed by atoms with Gasteiger partial charge in [0.05, 0.1) is 11.8 Å². The minimum atomic E-state index is 0.207. The van der Waals surface area contributed by atoms with Crippen LogP contribution >= 0.6 is 0 Å². The van der Waals surface area contributed by atoms with Crippen LogP contribution < -0.4 is 5.32 Å². The van der Waals surface area contributed by atoms with Gasteiger partial charge in [-0.05, 0) is 32.4 Å². The summed E-state index contributed by atoms with van der Waals surface area (Å²) in [5.74, 6) is 0. The molecule has 3 atom stereocenters. The van der Waals surface area contributed by atoms with E-state index in [2.05, 4.69) is 44.1 Å². The van der Waals surface area contributed by atoms with Gasteiger partial charge in [-0.3, -0.25) is 4.98 Å². The van der Waals surface area contributed by atoms with E-state index in [0.29, 0.717) is 12.1 Å². The van der Waals surface area contributed by atoms with Crippen LogP contribution in [0.1, 0.15) is 45.9 Å². The van der Waals surface area contributed by atoms with Crippen LogP contribution in [0.3, 0.4) is 0 Å². The number of hydrogen-bond acceptors (Lipinski definition) is 3. The van der Waals surface area contributed by atoms with Gasteiger partial charge in [0.15, 0.2) is 0 Å². The molecule has 0 saturated heterocycles. The van der Waals surface area contributed by atoms with E-state index in [1.807, 2.05) is 18.3 Å². The average Bonchev–Trinajstić information content (AvgIpc) is 2.38. The van der Waals surface area contributed by atoms with E-state index < -0.39 is 0 Å². The molecule has 2 unspecified atom stereocenters. The first-order chi connectivity index (χ1) is 8.55. The summed E-state index contributed by atoms with van der Waals surface area (Å²) in [6.07, 6.45) is 3.33. The monoisotopic (exact) mass is 248 g/mol. The molecule has 0 spiro atoms. The summed E-state index contributed by atoms with van der Waals surface area (Å²) >= 11 is 0. The summed E-state index contributed by atoms with van der Waals surface area (Å²) in [6, 6.07) is 6.86. The number of rotatable bonds is 5. The van der Waals surface area contributed by atoms with Crippen molar-refractivity contribution in [3.63, 3.8) is 0 Å². The Bertz CT molecular complexity index is 377. The van der Waals surface area contributed by atoms with E-state index in [9.17, 15) is 0 Å². The van der Waals surface area contributed by atoms with Crippen molar-refractivity contribution in [2.24, 2.45) is 5.41 Å². The largest absolute Gasteiger partial charge is 0.378 e. The summed E-state index contributed by atoms with van der Waals surface area (Å²) in [5, 5.41) is 3.67. The van der Waals surface area contributed by atoms with Crippen molar-refractivity contribution in [1.82, 2.24) is 10.3 Å². The highest BCUT2D eigenvalue weighted by Gasteiger charge is 2.49. The highest BCUT2D eigenvalue weighted by Crippen LogP contribution is 2.43. The zero-order valence-corrected chi connectivity index (χ0v) is 11.8. The normalized spacial score (nSPS) is 27.6. The van der Waals surface area contributed by atoms with Crippen LogP contribution in [-0.4, -0.2) is 23.7 Å². The Morgan fingerprint density at radius 2 is 2.28 bits per heavy atom. The molecular formula is C15H24N2O. The van der Waals surface area contributed by atoms with E-state index in [1.54, 1.807) is 0 Å². The van der Waals surface area contributed by atoms with Crippen molar-refractivity contribution in [1.29, 1.82) is 0 Å². The molecule has 0 bridgehead atoms. The molecule has 18 heavy (non-hydrogen) atoms. The molecule has 1 aliphatic rings. The smallest absolute Gasteiger partial charge is 0.0655 e. The second-order valence-corrected chi connectivity index (χ2v) is 5.70. The number of nitrogens with zero attached hydrogens (tertiary/aromatic N) is 1. The van der Waals surface area contributed by atoms with Crippen LogP contribution in [-0.2, 0) is 4.74 Å². The van der Waals surface area contributed by atoms with Gasteiger partial charge in [-0.1, -0.05) is 19.9 Å². The molecule has 1 saturated carbocycles. The second kappa shape index (κ2) is 5.37. The molecule has 0 radical (unpaired) electrons. The maximum absolute atomic E-state index is 5.75. The van der Waals surface area contributed by atoms with Crippen molar-refractivity contribution >= 4 is 0 Å². The van der Waals surface area contributed by atoms with E-state index in [4.69, 9.17) is 4.74 Å². The Morgan fingerprint density at radius 3 is 2.83 bits per heavy atom. The third-order valence-electron chi connectivity index (χ3n) is 4.13. The Balaban J connectivity index is 1.92. The van der Waals surface area contributed by atoms with E-state index >= 15 is 0 Å². The first-order valence-corrected chi connectivity index (χ1v) is 6.84. The average molecular weight is 248 g/mol. The van der Waals surface area contributed by atoms with Crippen molar-refractivity contribution in [3.05, 3.63) is 30.1 Å². The van der Waals surface area contributed by atoms with Crippen LogP contribution in [0, 0.1) is 5.41 Å². The van der Waals surface area contributed by atoms with Gasteiger partial charge >= 0.3 is 0 Å². The fourth-order valence-electron chi connectivity index (χ4n) is 2.67. The molecule has 3 nitrogen and oxygen atoms in total. The molecular weight excluding hydrogens is 224 g/mol. The van der Waals surface area contributed by atoms with Crippen LogP contribution in [0.2, 0.25) is 0 Å². The molecule has 0 aromatic carbocycles. The summed E-state index contributed by atoms with van der Waals surface area (Å²) in [7, 11) is 0. The van der Waals surface area contributed by atoms with Gasteiger partial charge < -0.3 is 10.1 Å². The van der Waals surface area contributed by atoms with Crippen LogP contribution in [0.15, 0.2) is 24.4 Å². The maximum Gasteiger partial charge on any atom is 0.0655 e. The highest BCUT2D eigenvalue weighted by molar-refractivity contribution is 5.10. The Kier molecular flexibility index (Phi) is 4.03. The molecule has 100 valence electrons. The number of hydrogen-bond donors (Lipinski definition) is 1. The lowest BCUT2D eigenvalue weighted by atomic mass is 9.64. The van der Waals surface area contributed by atoms with Crippen molar-refractivity contribution < 1.29 is 4.74 Å². The van der Waals surface area contributed by atoms with E-state index in [0.717, 1.165) is 18.7 Å². The summed E-state index contributed by atoms with van der Waals surface area (Å²) in [4.78, 5) is 4.40. The van der Waals surface area contributed by atoms with Crippen LogP contribution in [0.4, 0.5) is 0 Å². The number of ether oxygens (including phenoxy) is 1. The lowest BCUT2D eigenvalue weighted by molar-refractivity contribution is -0.116. The minimum Gasteiger partial charge on any atom is -0.378 e. The van der Waals surface area contributed by atoms with Crippen LogP contribution in [0.25, 0.3) is 0 Å². The SMILES string of the molecule is CCOC1CC(N[C@H](C)c2ccccn2)C1(C)C.